The first-order chi connectivity index (χ1) is 18.7. The molecule has 0 spiro atoms. The van der Waals surface area contributed by atoms with Gasteiger partial charge >= 0.3 is 0 Å². The van der Waals surface area contributed by atoms with Crippen molar-refractivity contribution >= 4 is 27.8 Å². The summed E-state index contributed by atoms with van der Waals surface area (Å²) in [7, 11) is 0. The Labute approximate surface area is 221 Å². The smallest absolute Gasteiger partial charge is 0.164 e. The molecule has 2 fully saturated rings. The molecule has 1 aliphatic heterocycles. The number of aromatic nitrogens is 5. The summed E-state index contributed by atoms with van der Waals surface area (Å²) < 4.78 is 7.68. The normalized spacial score (nSPS) is 20.8. The molecule has 3 N–H and O–H groups in total. The average molecular weight is 508 g/mol. The maximum Gasteiger partial charge on any atom is 0.164 e. The second-order valence-corrected chi connectivity index (χ2v) is 10.6. The van der Waals surface area contributed by atoms with Crippen LogP contribution in [0.3, 0.4) is 0 Å². The summed E-state index contributed by atoms with van der Waals surface area (Å²) in [6.07, 6.45) is 6.93. The molecule has 5 aromatic rings. The molecule has 0 amide bonds. The van der Waals surface area contributed by atoms with Crippen LogP contribution in [0.15, 0.2) is 60.9 Å². The summed E-state index contributed by atoms with van der Waals surface area (Å²) in [4.78, 5) is 15.2. The number of nitrogen functional groups attached to an aromatic ring is 1. The number of hydrogen-bond acceptors (Lipinski definition) is 6. The van der Waals surface area contributed by atoms with E-state index < -0.39 is 0 Å². The third-order valence-corrected chi connectivity index (χ3v) is 8.28. The van der Waals surface area contributed by atoms with Gasteiger partial charge in [-0.15, -0.1) is 0 Å². The van der Waals surface area contributed by atoms with E-state index in [0.29, 0.717) is 17.9 Å². The number of hydrogen-bond donors (Lipinski definition) is 2. The number of benzene rings is 2. The molecular formula is C30H33N7O. The zero-order chi connectivity index (χ0) is 25.5. The number of nitrogens with one attached hydrogen (secondary N) is 1. The van der Waals surface area contributed by atoms with Crippen LogP contribution in [0.4, 0.5) is 5.82 Å². The molecule has 0 unspecified atom stereocenters. The fourth-order valence-corrected chi connectivity index (χ4v) is 6.31. The van der Waals surface area contributed by atoms with Crippen LogP contribution in [-0.2, 0) is 11.2 Å². The number of fused-ring (bicyclic) bond motifs is 2. The highest BCUT2D eigenvalue weighted by Gasteiger charge is 2.30. The lowest BCUT2D eigenvalue weighted by atomic mass is 9.90. The monoisotopic (exact) mass is 507 g/mol. The van der Waals surface area contributed by atoms with Gasteiger partial charge in [-0.1, -0.05) is 42.5 Å². The summed E-state index contributed by atoms with van der Waals surface area (Å²) in [6.45, 7) is 3.79. The van der Waals surface area contributed by atoms with Crippen LogP contribution in [0.5, 0.6) is 0 Å². The van der Waals surface area contributed by atoms with E-state index in [4.69, 9.17) is 15.6 Å². The largest absolute Gasteiger partial charge is 0.383 e. The Hall–Kier alpha value is -3.75. The first kappa shape index (κ1) is 23.4. The van der Waals surface area contributed by atoms with E-state index in [2.05, 4.69) is 79.1 Å². The minimum atomic E-state index is 0.310. The molecule has 7 rings (SSSR count). The van der Waals surface area contributed by atoms with Gasteiger partial charge in [0.25, 0.3) is 0 Å². The quantitative estimate of drug-likeness (QED) is 0.349. The fraction of sp³-hybridized carbons (Fsp3) is 0.367. The van der Waals surface area contributed by atoms with E-state index in [-0.39, 0.29) is 0 Å². The second kappa shape index (κ2) is 9.85. The van der Waals surface area contributed by atoms with Crippen molar-refractivity contribution in [3.63, 3.8) is 0 Å². The zero-order valence-corrected chi connectivity index (χ0v) is 21.5. The van der Waals surface area contributed by atoms with E-state index in [1.165, 1.54) is 29.5 Å². The first-order valence-electron chi connectivity index (χ1n) is 13.7. The molecule has 38 heavy (non-hydrogen) atoms. The van der Waals surface area contributed by atoms with Crippen LogP contribution in [0, 0.1) is 0 Å². The highest BCUT2D eigenvalue weighted by atomic mass is 16.5. The Morgan fingerprint density at radius 2 is 1.71 bits per heavy atom. The number of nitrogens with zero attached hydrogens (tertiary/aromatic N) is 5. The molecule has 0 atom stereocenters. The minimum Gasteiger partial charge on any atom is -0.383 e. The summed E-state index contributed by atoms with van der Waals surface area (Å²) in [6, 6.07) is 20.2. The molecule has 0 radical (unpaired) electrons. The average Bonchev–Trinajstić information content (AvgIpc) is 3.56. The second-order valence-electron chi connectivity index (χ2n) is 10.6. The predicted octanol–water partition coefficient (Wildman–Crippen LogP) is 4.96. The van der Waals surface area contributed by atoms with Gasteiger partial charge in [0.05, 0.1) is 24.6 Å². The van der Waals surface area contributed by atoms with E-state index in [9.17, 15) is 0 Å². The van der Waals surface area contributed by atoms with Crippen molar-refractivity contribution in [2.45, 2.75) is 44.2 Å². The summed E-state index contributed by atoms with van der Waals surface area (Å²) in [5.41, 5.74) is 12.7. The minimum absolute atomic E-state index is 0.310. The Morgan fingerprint density at radius 3 is 2.53 bits per heavy atom. The molecule has 2 aromatic carbocycles. The van der Waals surface area contributed by atoms with Crippen molar-refractivity contribution in [3.05, 3.63) is 72.2 Å². The molecule has 0 bridgehead atoms. The molecular weight excluding hydrogens is 474 g/mol. The third kappa shape index (κ3) is 4.33. The summed E-state index contributed by atoms with van der Waals surface area (Å²) >= 11 is 0. The number of ether oxygens (including phenoxy) is 1. The highest BCUT2D eigenvalue weighted by molar-refractivity contribution is 6.00. The van der Waals surface area contributed by atoms with Crippen molar-refractivity contribution in [1.82, 2.24) is 29.6 Å². The molecule has 4 heterocycles. The molecule has 194 valence electrons. The van der Waals surface area contributed by atoms with Gasteiger partial charge in [-0.25, -0.2) is 14.6 Å². The number of morpholine rings is 1. The Balaban J connectivity index is 1.19. The first-order valence-corrected chi connectivity index (χ1v) is 13.7. The molecule has 1 aliphatic carbocycles. The van der Waals surface area contributed by atoms with Crippen molar-refractivity contribution in [2.75, 3.05) is 32.0 Å². The van der Waals surface area contributed by atoms with Crippen LogP contribution in [0.2, 0.25) is 0 Å². The molecule has 8 nitrogen and oxygen atoms in total. The fourth-order valence-electron chi connectivity index (χ4n) is 6.31. The van der Waals surface area contributed by atoms with Crippen LogP contribution in [0.25, 0.3) is 33.2 Å². The van der Waals surface area contributed by atoms with Gasteiger partial charge in [-0.3, -0.25) is 4.90 Å². The molecule has 1 saturated heterocycles. The molecule has 1 saturated carbocycles. The van der Waals surface area contributed by atoms with Crippen molar-refractivity contribution in [3.8, 4) is 11.3 Å². The predicted molar refractivity (Wildman–Crippen MR) is 150 cm³/mol. The maximum atomic E-state index is 6.43. The van der Waals surface area contributed by atoms with Crippen molar-refractivity contribution < 1.29 is 4.74 Å². The van der Waals surface area contributed by atoms with Gasteiger partial charge < -0.3 is 15.5 Å². The van der Waals surface area contributed by atoms with Gasteiger partial charge in [0.1, 0.15) is 17.8 Å². The van der Waals surface area contributed by atoms with Gasteiger partial charge in [0, 0.05) is 42.3 Å². The van der Waals surface area contributed by atoms with Gasteiger partial charge in [0.15, 0.2) is 5.65 Å². The van der Waals surface area contributed by atoms with Crippen molar-refractivity contribution in [1.29, 1.82) is 0 Å². The number of rotatable bonds is 5. The number of nitrogens with two attached hydrogens (primary N) is 1. The maximum absolute atomic E-state index is 6.43. The van der Waals surface area contributed by atoms with Gasteiger partial charge in [-0.05, 0) is 48.8 Å². The van der Waals surface area contributed by atoms with Crippen LogP contribution in [-0.4, -0.2) is 62.0 Å². The standard InChI is InChI=1S/C30H33N7O/c31-29-27-28(22-7-6-21-17-23(34-26(21)18-22)16-20-4-2-1-3-5-20)35-37(30(27)33-19-32-29)25-10-8-24(9-11-25)36-12-14-38-15-13-36/h1-7,17-19,24-25,34H,8-16H2,(H2,31,32,33). The Kier molecular flexibility index (Phi) is 6.06. The lowest BCUT2D eigenvalue weighted by molar-refractivity contribution is 0.00520. The summed E-state index contributed by atoms with van der Waals surface area (Å²) in [5.74, 6) is 0.481. The lowest BCUT2D eigenvalue weighted by Crippen LogP contribution is -2.45. The van der Waals surface area contributed by atoms with Gasteiger partial charge in [0.2, 0.25) is 0 Å². The van der Waals surface area contributed by atoms with E-state index in [1.807, 2.05) is 0 Å². The van der Waals surface area contributed by atoms with Gasteiger partial charge in [-0.2, -0.15) is 5.10 Å². The highest BCUT2D eigenvalue weighted by Crippen LogP contribution is 2.37. The molecule has 2 aliphatic rings. The van der Waals surface area contributed by atoms with Crippen LogP contribution >= 0.6 is 0 Å². The SMILES string of the molecule is Nc1ncnc2c1c(-c1ccc3cc(Cc4ccccc4)[nH]c3c1)nn2C1CCC(N2CCOCC2)CC1. The summed E-state index contributed by atoms with van der Waals surface area (Å²) in [5, 5.41) is 7.18. The Bertz CT molecular complexity index is 1560. The number of anilines is 1. The van der Waals surface area contributed by atoms with Crippen LogP contribution in [0.1, 0.15) is 43.0 Å². The van der Waals surface area contributed by atoms with Crippen LogP contribution < -0.4 is 5.73 Å². The third-order valence-electron chi connectivity index (χ3n) is 8.28. The van der Waals surface area contributed by atoms with E-state index in [1.54, 1.807) is 6.33 Å². The van der Waals surface area contributed by atoms with Crippen molar-refractivity contribution in [2.24, 2.45) is 0 Å². The zero-order valence-electron chi connectivity index (χ0n) is 21.5. The number of H-pyrrole nitrogens is 1. The topological polar surface area (TPSA) is 97.9 Å². The molecule has 3 aromatic heterocycles. The molecule has 8 heteroatoms. The number of aromatic amines is 1. The lowest BCUT2D eigenvalue weighted by Gasteiger charge is -2.38. The Morgan fingerprint density at radius 1 is 0.921 bits per heavy atom. The van der Waals surface area contributed by atoms with E-state index >= 15 is 0 Å². The van der Waals surface area contributed by atoms with E-state index in [0.717, 1.165) is 73.4 Å².